The molecule has 3 aromatic rings. The molecule has 10 heteroatoms. The number of hydrogen-bond acceptors (Lipinski definition) is 8. The first-order chi connectivity index (χ1) is 17.3. The van der Waals surface area contributed by atoms with E-state index >= 15 is 0 Å². The quantitative estimate of drug-likeness (QED) is 0.428. The highest BCUT2D eigenvalue weighted by molar-refractivity contribution is 5.98. The molecule has 4 rings (SSSR count). The molecule has 1 amide bonds. The summed E-state index contributed by atoms with van der Waals surface area (Å²) in [5.74, 6) is 0.184. The molecule has 2 aromatic heterocycles. The SMILES string of the molecule is Cc1cc2cc(C(=O)N(C/C(N)=C/C=C(\N)N3CCOCC3)Cc3ncccc3F)ccc2nc1N. The van der Waals surface area contributed by atoms with Crippen LogP contribution in [0.5, 0.6) is 0 Å². The van der Waals surface area contributed by atoms with Crippen LogP contribution in [-0.2, 0) is 11.3 Å². The molecular formula is C26H30FN7O2. The van der Waals surface area contributed by atoms with Crippen molar-refractivity contribution in [2.45, 2.75) is 13.5 Å². The van der Waals surface area contributed by atoms with E-state index in [1.165, 1.54) is 23.2 Å². The van der Waals surface area contributed by atoms with Gasteiger partial charge in [0.15, 0.2) is 0 Å². The number of morpholine rings is 1. The number of hydrogen-bond donors (Lipinski definition) is 3. The van der Waals surface area contributed by atoms with Gasteiger partial charge < -0.3 is 31.7 Å². The number of ether oxygens (including phenoxy) is 1. The minimum atomic E-state index is -0.497. The highest BCUT2D eigenvalue weighted by Crippen LogP contribution is 2.21. The largest absolute Gasteiger partial charge is 0.401 e. The first-order valence-corrected chi connectivity index (χ1v) is 11.6. The number of carbonyl (C=O) groups excluding carboxylic acids is 1. The number of nitrogens with zero attached hydrogens (tertiary/aromatic N) is 4. The molecule has 0 aliphatic carbocycles. The maximum absolute atomic E-state index is 14.4. The molecule has 3 heterocycles. The van der Waals surface area contributed by atoms with Crippen LogP contribution < -0.4 is 17.2 Å². The molecular weight excluding hydrogens is 461 g/mol. The highest BCUT2D eigenvalue weighted by atomic mass is 19.1. The predicted octanol–water partition coefficient (Wildman–Crippen LogP) is 2.28. The van der Waals surface area contributed by atoms with E-state index in [1.54, 1.807) is 30.4 Å². The summed E-state index contributed by atoms with van der Waals surface area (Å²) in [7, 11) is 0. The molecule has 0 spiro atoms. The van der Waals surface area contributed by atoms with E-state index in [9.17, 15) is 9.18 Å². The van der Waals surface area contributed by atoms with Gasteiger partial charge in [-0.1, -0.05) is 0 Å². The van der Waals surface area contributed by atoms with Gasteiger partial charge in [0.2, 0.25) is 0 Å². The van der Waals surface area contributed by atoms with Gasteiger partial charge in [-0.25, -0.2) is 9.37 Å². The lowest BCUT2D eigenvalue weighted by molar-refractivity contribution is 0.0530. The van der Waals surface area contributed by atoms with Crippen molar-refractivity contribution >= 4 is 22.6 Å². The topological polar surface area (TPSA) is 137 Å². The van der Waals surface area contributed by atoms with Crippen molar-refractivity contribution in [2.75, 3.05) is 38.6 Å². The number of aromatic nitrogens is 2. The van der Waals surface area contributed by atoms with Crippen LogP contribution in [0.25, 0.3) is 10.9 Å². The monoisotopic (exact) mass is 491 g/mol. The molecule has 1 fully saturated rings. The lowest BCUT2D eigenvalue weighted by atomic mass is 10.1. The average molecular weight is 492 g/mol. The van der Waals surface area contributed by atoms with Crippen LogP contribution >= 0.6 is 0 Å². The molecule has 0 radical (unpaired) electrons. The van der Waals surface area contributed by atoms with Gasteiger partial charge >= 0.3 is 0 Å². The molecule has 0 saturated carbocycles. The summed E-state index contributed by atoms with van der Waals surface area (Å²) < 4.78 is 19.7. The van der Waals surface area contributed by atoms with Crippen molar-refractivity contribution in [3.8, 4) is 0 Å². The first-order valence-electron chi connectivity index (χ1n) is 11.6. The maximum Gasteiger partial charge on any atom is 0.254 e. The first kappa shape index (κ1) is 24.9. The van der Waals surface area contributed by atoms with Gasteiger partial charge in [0.05, 0.1) is 43.3 Å². The molecule has 0 unspecified atom stereocenters. The molecule has 1 saturated heterocycles. The summed E-state index contributed by atoms with van der Waals surface area (Å²) >= 11 is 0. The number of allylic oxidation sites excluding steroid dienone is 2. The number of nitrogen functional groups attached to an aromatic ring is 1. The molecule has 1 aliphatic heterocycles. The summed E-state index contributed by atoms with van der Waals surface area (Å²) in [6, 6.07) is 9.85. The third-order valence-corrected chi connectivity index (χ3v) is 5.97. The van der Waals surface area contributed by atoms with E-state index in [4.69, 9.17) is 21.9 Å². The number of rotatable bonds is 7. The Bertz CT molecular complexity index is 1320. The number of nitrogens with two attached hydrogens (primary N) is 3. The Balaban J connectivity index is 1.60. The van der Waals surface area contributed by atoms with E-state index < -0.39 is 5.82 Å². The Kier molecular flexibility index (Phi) is 7.65. The smallest absolute Gasteiger partial charge is 0.254 e. The van der Waals surface area contributed by atoms with Gasteiger partial charge in [-0.2, -0.15) is 0 Å². The average Bonchev–Trinajstić information content (AvgIpc) is 2.88. The van der Waals surface area contributed by atoms with E-state index in [1.807, 2.05) is 17.9 Å². The second-order valence-corrected chi connectivity index (χ2v) is 8.62. The number of fused-ring (bicyclic) bond motifs is 1. The highest BCUT2D eigenvalue weighted by Gasteiger charge is 2.20. The van der Waals surface area contributed by atoms with Crippen LogP contribution in [0.4, 0.5) is 10.2 Å². The van der Waals surface area contributed by atoms with Gasteiger partial charge in [-0.3, -0.25) is 9.78 Å². The minimum absolute atomic E-state index is 0.0544. The number of carbonyl (C=O) groups is 1. The zero-order chi connectivity index (χ0) is 25.7. The molecule has 36 heavy (non-hydrogen) atoms. The van der Waals surface area contributed by atoms with Gasteiger partial charge in [0.25, 0.3) is 5.91 Å². The van der Waals surface area contributed by atoms with Crippen LogP contribution in [0.15, 0.2) is 66.3 Å². The van der Waals surface area contributed by atoms with E-state index in [-0.39, 0.29) is 24.7 Å². The van der Waals surface area contributed by atoms with Crippen LogP contribution in [0, 0.1) is 12.7 Å². The molecule has 0 atom stereocenters. The Morgan fingerprint density at radius 2 is 1.97 bits per heavy atom. The fourth-order valence-electron chi connectivity index (χ4n) is 3.92. The molecule has 9 nitrogen and oxygen atoms in total. The van der Waals surface area contributed by atoms with Crippen molar-refractivity contribution in [2.24, 2.45) is 11.5 Å². The van der Waals surface area contributed by atoms with Crippen LogP contribution in [0.2, 0.25) is 0 Å². The third kappa shape index (κ3) is 5.89. The van der Waals surface area contributed by atoms with Crippen molar-refractivity contribution in [3.05, 3.63) is 88.9 Å². The summed E-state index contributed by atoms with van der Waals surface area (Å²) in [6.07, 6.45) is 4.86. The van der Waals surface area contributed by atoms with E-state index in [0.717, 1.165) is 10.9 Å². The fraction of sp³-hybridized carbons (Fsp3) is 0.269. The second-order valence-electron chi connectivity index (χ2n) is 8.62. The number of amides is 1. The second kappa shape index (κ2) is 11.0. The number of anilines is 1. The zero-order valence-electron chi connectivity index (χ0n) is 20.2. The Labute approximate surface area is 209 Å². The van der Waals surface area contributed by atoms with Gasteiger partial charge in [-0.15, -0.1) is 0 Å². The van der Waals surface area contributed by atoms with Gasteiger partial charge in [-0.05, 0) is 61.0 Å². The lowest BCUT2D eigenvalue weighted by Crippen LogP contribution is -2.38. The van der Waals surface area contributed by atoms with Crippen LogP contribution in [0.3, 0.4) is 0 Å². The van der Waals surface area contributed by atoms with Crippen LogP contribution in [-0.4, -0.2) is 58.5 Å². The van der Waals surface area contributed by atoms with Crippen molar-refractivity contribution in [3.63, 3.8) is 0 Å². The molecule has 0 bridgehead atoms. The normalized spacial score (nSPS) is 14.8. The van der Waals surface area contributed by atoms with Crippen molar-refractivity contribution in [1.29, 1.82) is 0 Å². The number of aryl methyl sites for hydroxylation is 1. The standard InChI is InChI=1S/C26H30FN7O2/c1-17-13-19-14-18(4-6-22(19)32-25(17)30)26(35)34(16-23-21(27)3-2-8-31-23)15-20(28)5-7-24(29)33-9-11-36-12-10-33/h2-8,13-14H,9-12,15-16,28-29H2,1H3,(H2,30,32)/b20-5-,24-7+. The molecule has 188 valence electrons. The third-order valence-electron chi connectivity index (χ3n) is 5.97. The summed E-state index contributed by atoms with van der Waals surface area (Å²) in [5.41, 5.74) is 20.8. The van der Waals surface area contributed by atoms with E-state index in [2.05, 4.69) is 9.97 Å². The Morgan fingerprint density at radius 1 is 1.19 bits per heavy atom. The Hall–Kier alpha value is -4.18. The summed E-state index contributed by atoms with van der Waals surface area (Å²) in [4.78, 5) is 25.5. The fourth-order valence-corrected chi connectivity index (χ4v) is 3.92. The maximum atomic E-state index is 14.4. The lowest BCUT2D eigenvalue weighted by Gasteiger charge is -2.28. The molecule has 1 aromatic carbocycles. The number of pyridine rings is 2. The molecule has 6 N–H and O–H groups in total. The minimum Gasteiger partial charge on any atom is -0.401 e. The predicted molar refractivity (Wildman–Crippen MR) is 137 cm³/mol. The summed E-state index contributed by atoms with van der Waals surface area (Å²) in [5, 5.41) is 0.779. The van der Waals surface area contributed by atoms with Crippen molar-refractivity contribution < 1.29 is 13.9 Å². The van der Waals surface area contributed by atoms with Crippen molar-refractivity contribution in [1.82, 2.24) is 19.8 Å². The van der Waals surface area contributed by atoms with E-state index in [0.29, 0.717) is 54.7 Å². The zero-order valence-corrected chi connectivity index (χ0v) is 20.2. The number of halogens is 1. The Morgan fingerprint density at radius 3 is 2.72 bits per heavy atom. The number of benzene rings is 1. The van der Waals surface area contributed by atoms with Gasteiger partial charge in [0, 0.05) is 35.9 Å². The molecule has 1 aliphatic rings. The van der Waals surface area contributed by atoms with Crippen LogP contribution in [0.1, 0.15) is 21.6 Å². The summed E-state index contributed by atoms with van der Waals surface area (Å²) in [6.45, 7) is 4.47. The van der Waals surface area contributed by atoms with Gasteiger partial charge in [0.1, 0.15) is 11.6 Å².